The maximum atomic E-state index is 12.3. The number of hydrogen-bond acceptors (Lipinski definition) is 5. The number of amides is 1. The van der Waals surface area contributed by atoms with Crippen LogP contribution in [0.15, 0.2) is 30.5 Å². The van der Waals surface area contributed by atoms with Crippen LogP contribution in [0.1, 0.15) is 25.7 Å². The summed E-state index contributed by atoms with van der Waals surface area (Å²) in [6, 6.07) is 7.10. The highest BCUT2D eigenvalue weighted by Gasteiger charge is 2.23. The van der Waals surface area contributed by atoms with Gasteiger partial charge in [-0.1, -0.05) is 24.4 Å². The number of benzene rings is 1. The molecule has 0 spiro atoms. The molecule has 0 radical (unpaired) electrons. The molecule has 1 aliphatic carbocycles. The first-order valence-corrected chi connectivity index (χ1v) is 8.70. The van der Waals surface area contributed by atoms with E-state index in [2.05, 4.69) is 15.6 Å². The third kappa shape index (κ3) is 3.35. The van der Waals surface area contributed by atoms with E-state index < -0.39 is 0 Å². The normalized spacial score (nSPS) is 16.0. The number of halogens is 1. The first-order valence-electron chi connectivity index (χ1n) is 8.33. The molecule has 2 aliphatic rings. The SMILES string of the molecule is O=C(Nc1cc(Nc2c(Cl)ccc3c2OCO3)ccn1)C1CCCC1. The monoisotopic (exact) mass is 359 g/mol. The molecule has 0 unspecified atom stereocenters. The molecule has 7 heteroatoms. The highest BCUT2D eigenvalue weighted by molar-refractivity contribution is 6.33. The van der Waals surface area contributed by atoms with Gasteiger partial charge in [-0.2, -0.15) is 0 Å². The van der Waals surface area contributed by atoms with E-state index in [-0.39, 0.29) is 18.6 Å². The Balaban J connectivity index is 1.52. The van der Waals surface area contributed by atoms with Gasteiger partial charge in [0.2, 0.25) is 12.7 Å². The van der Waals surface area contributed by atoms with Gasteiger partial charge in [0.05, 0.1) is 5.02 Å². The van der Waals surface area contributed by atoms with Gasteiger partial charge < -0.3 is 20.1 Å². The fourth-order valence-corrected chi connectivity index (χ4v) is 3.40. The maximum absolute atomic E-state index is 12.3. The summed E-state index contributed by atoms with van der Waals surface area (Å²) in [5, 5.41) is 6.65. The van der Waals surface area contributed by atoms with Crippen LogP contribution >= 0.6 is 11.6 Å². The second kappa shape index (κ2) is 6.80. The minimum atomic E-state index is 0.0394. The summed E-state index contributed by atoms with van der Waals surface area (Å²) >= 11 is 6.28. The van der Waals surface area contributed by atoms with Gasteiger partial charge in [-0.05, 0) is 31.0 Å². The lowest BCUT2D eigenvalue weighted by molar-refractivity contribution is -0.119. The standard InChI is InChI=1S/C18H18ClN3O3/c19-13-5-6-14-17(25-10-24-14)16(13)21-12-7-8-20-15(9-12)22-18(23)11-3-1-2-4-11/h5-9,11H,1-4,10H2,(H2,20,21,22,23). The third-order valence-electron chi connectivity index (χ3n) is 4.49. The van der Waals surface area contributed by atoms with E-state index >= 15 is 0 Å². The Morgan fingerprint density at radius 1 is 1.20 bits per heavy atom. The van der Waals surface area contributed by atoms with Crippen LogP contribution in [-0.2, 0) is 4.79 Å². The van der Waals surface area contributed by atoms with E-state index in [9.17, 15) is 4.79 Å². The molecular weight excluding hydrogens is 342 g/mol. The van der Waals surface area contributed by atoms with Gasteiger partial charge in [-0.15, -0.1) is 0 Å². The van der Waals surface area contributed by atoms with Crippen LogP contribution in [0.25, 0.3) is 0 Å². The van der Waals surface area contributed by atoms with Gasteiger partial charge >= 0.3 is 0 Å². The fraction of sp³-hybridized carbons (Fsp3) is 0.333. The topological polar surface area (TPSA) is 72.5 Å². The molecule has 130 valence electrons. The van der Waals surface area contributed by atoms with Crippen molar-refractivity contribution in [2.24, 2.45) is 5.92 Å². The Hall–Kier alpha value is -2.47. The molecule has 0 atom stereocenters. The van der Waals surface area contributed by atoms with Crippen molar-refractivity contribution in [1.82, 2.24) is 4.98 Å². The number of fused-ring (bicyclic) bond motifs is 1. The van der Waals surface area contributed by atoms with Gasteiger partial charge in [0.25, 0.3) is 0 Å². The van der Waals surface area contributed by atoms with E-state index in [0.717, 1.165) is 31.4 Å². The van der Waals surface area contributed by atoms with Crippen LogP contribution in [0.2, 0.25) is 5.02 Å². The van der Waals surface area contributed by atoms with Gasteiger partial charge in [-0.3, -0.25) is 4.79 Å². The quantitative estimate of drug-likeness (QED) is 0.849. The Bertz CT molecular complexity index is 806. The summed E-state index contributed by atoms with van der Waals surface area (Å²) in [5.74, 6) is 1.88. The molecule has 1 saturated carbocycles. The molecule has 2 N–H and O–H groups in total. The summed E-state index contributed by atoms with van der Waals surface area (Å²) in [6.45, 7) is 0.170. The number of hydrogen-bond donors (Lipinski definition) is 2. The van der Waals surface area contributed by atoms with Gasteiger partial charge in [0.1, 0.15) is 11.5 Å². The lowest BCUT2D eigenvalue weighted by Crippen LogP contribution is -2.20. The van der Waals surface area contributed by atoms with E-state index in [1.807, 2.05) is 0 Å². The zero-order valence-corrected chi connectivity index (χ0v) is 14.3. The second-order valence-corrected chi connectivity index (χ2v) is 6.59. The number of aromatic nitrogens is 1. The Labute approximate surface area is 150 Å². The van der Waals surface area contributed by atoms with Gasteiger partial charge in [0.15, 0.2) is 11.5 Å². The molecule has 4 rings (SSSR count). The van der Waals surface area contributed by atoms with Gasteiger partial charge in [0, 0.05) is 23.9 Å². The minimum Gasteiger partial charge on any atom is -0.454 e. The Morgan fingerprint density at radius 3 is 2.88 bits per heavy atom. The van der Waals surface area contributed by atoms with Crippen molar-refractivity contribution in [2.45, 2.75) is 25.7 Å². The minimum absolute atomic E-state index is 0.0394. The molecular formula is C18H18ClN3O3. The third-order valence-corrected chi connectivity index (χ3v) is 4.81. The first-order chi connectivity index (χ1) is 12.2. The van der Waals surface area contributed by atoms with Crippen molar-refractivity contribution < 1.29 is 14.3 Å². The molecule has 1 amide bonds. The number of nitrogens with zero attached hydrogens (tertiary/aromatic N) is 1. The molecule has 1 aromatic carbocycles. The van der Waals surface area contributed by atoms with Crippen molar-refractivity contribution in [1.29, 1.82) is 0 Å². The summed E-state index contributed by atoms with van der Waals surface area (Å²) in [6.07, 6.45) is 5.78. The molecule has 25 heavy (non-hydrogen) atoms. The smallest absolute Gasteiger partial charge is 0.231 e. The highest BCUT2D eigenvalue weighted by Crippen LogP contribution is 2.44. The van der Waals surface area contributed by atoms with Crippen molar-refractivity contribution in [3.8, 4) is 11.5 Å². The zero-order chi connectivity index (χ0) is 17.2. The summed E-state index contributed by atoms with van der Waals surface area (Å²) < 4.78 is 10.9. The molecule has 1 aliphatic heterocycles. The number of pyridine rings is 1. The fourth-order valence-electron chi connectivity index (χ4n) is 3.20. The molecule has 2 heterocycles. The van der Waals surface area contributed by atoms with E-state index in [1.165, 1.54) is 0 Å². The van der Waals surface area contributed by atoms with Gasteiger partial charge in [-0.25, -0.2) is 4.98 Å². The van der Waals surface area contributed by atoms with Crippen LogP contribution in [0, 0.1) is 5.92 Å². The Morgan fingerprint density at radius 2 is 2.04 bits per heavy atom. The lowest BCUT2D eigenvalue weighted by Gasteiger charge is -2.13. The van der Waals surface area contributed by atoms with Crippen LogP contribution in [-0.4, -0.2) is 17.7 Å². The number of carbonyl (C=O) groups excluding carboxylic acids is 1. The van der Waals surface area contributed by atoms with Crippen LogP contribution in [0.5, 0.6) is 11.5 Å². The average molecular weight is 360 g/mol. The lowest BCUT2D eigenvalue weighted by atomic mass is 10.1. The zero-order valence-electron chi connectivity index (χ0n) is 13.5. The maximum Gasteiger partial charge on any atom is 0.231 e. The van der Waals surface area contributed by atoms with Crippen molar-refractivity contribution in [3.63, 3.8) is 0 Å². The van der Waals surface area contributed by atoms with Crippen LogP contribution < -0.4 is 20.1 Å². The average Bonchev–Trinajstić information content (AvgIpc) is 3.29. The summed E-state index contributed by atoms with van der Waals surface area (Å²) in [7, 11) is 0. The molecule has 1 aromatic heterocycles. The predicted octanol–water partition coefficient (Wildman–Crippen LogP) is 4.34. The summed E-state index contributed by atoms with van der Waals surface area (Å²) in [5.41, 5.74) is 1.39. The van der Waals surface area contributed by atoms with E-state index in [0.29, 0.717) is 28.0 Å². The van der Waals surface area contributed by atoms with Crippen molar-refractivity contribution in [3.05, 3.63) is 35.5 Å². The first kappa shape index (κ1) is 16.0. The summed E-state index contributed by atoms with van der Waals surface area (Å²) in [4.78, 5) is 16.5. The molecule has 0 bridgehead atoms. The molecule has 0 saturated heterocycles. The van der Waals surface area contributed by atoms with Crippen LogP contribution in [0.4, 0.5) is 17.2 Å². The number of rotatable bonds is 4. The van der Waals surface area contributed by atoms with Crippen molar-refractivity contribution in [2.75, 3.05) is 17.4 Å². The largest absolute Gasteiger partial charge is 0.454 e. The van der Waals surface area contributed by atoms with Crippen LogP contribution in [0.3, 0.4) is 0 Å². The number of nitrogens with one attached hydrogen (secondary N) is 2. The predicted molar refractivity (Wildman–Crippen MR) is 95.7 cm³/mol. The second-order valence-electron chi connectivity index (χ2n) is 6.18. The van der Waals surface area contributed by atoms with E-state index in [1.54, 1.807) is 30.5 Å². The van der Waals surface area contributed by atoms with Crippen molar-refractivity contribution >= 4 is 34.7 Å². The highest BCUT2D eigenvalue weighted by atomic mass is 35.5. The molecule has 6 nitrogen and oxygen atoms in total. The molecule has 1 fully saturated rings. The number of ether oxygens (including phenoxy) is 2. The number of anilines is 3. The number of carbonyl (C=O) groups is 1. The molecule has 2 aromatic rings. The van der Waals surface area contributed by atoms with E-state index in [4.69, 9.17) is 21.1 Å². The Kier molecular flexibility index (Phi) is 4.36.